The zero-order chi connectivity index (χ0) is 9.68. The highest BCUT2D eigenvalue weighted by atomic mass is 79.9. The Morgan fingerprint density at radius 1 is 1.54 bits per heavy atom. The minimum absolute atomic E-state index is 0.437. The fourth-order valence-electron chi connectivity index (χ4n) is 0.864. The standard InChI is InChI=1S/C10H9BrO2/c1-2-10(12)13-9-6-4-3-5-8(9)7-11/h2-6H,1,7H2. The lowest BCUT2D eigenvalue weighted by molar-refractivity contribution is -0.129. The van der Waals surface area contributed by atoms with Crippen molar-refractivity contribution < 1.29 is 9.53 Å². The Labute approximate surface area is 85.3 Å². The molecule has 0 aromatic heterocycles. The molecule has 0 heterocycles. The summed E-state index contributed by atoms with van der Waals surface area (Å²) in [4.78, 5) is 10.9. The first-order chi connectivity index (χ1) is 6.27. The van der Waals surface area contributed by atoms with Gasteiger partial charge in [-0.2, -0.15) is 0 Å². The van der Waals surface area contributed by atoms with Crippen molar-refractivity contribution in [3.63, 3.8) is 0 Å². The third kappa shape index (κ3) is 2.70. The van der Waals surface area contributed by atoms with Crippen molar-refractivity contribution in [2.24, 2.45) is 0 Å². The van der Waals surface area contributed by atoms with E-state index in [0.29, 0.717) is 11.1 Å². The molecule has 68 valence electrons. The van der Waals surface area contributed by atoms with E-state index >= 15 is 0 Å². The Bertz CT molecular complexity index is 320. The molecule has 0 bridgehead atoms. The number of benzene rings is 1. The zero-order valence-corrected chi connectivity index (χ0v) is 8.58. The van der Waals surface area contributed by atoms with E-state index in [1.165, 1.54) is 0 Å². The van der Waals surface area contributed by atoms with Gasteiger partial charge in [-0.25, -0.2) is 4.79 Å². The van der Waals surface area contributed by atoms with Crippen LogP contribution in [0.3, 0.4) is 0 Å². The van der Waals surface area contributed by atoms with Crippen LogP contribution in [0.25, 0.3) is 0 Å². The molecule has 1 aromatic carbocycles. The summed E-state index contributed by atoms with van der Waals surface area (Å²) in [7, 11) is 0. The SMILES string of the molecule is C=CC(=O)Oc1ccccc1CBr. The maximum absolute atomic E-state index is 10.9. The van der Waals surface area contributed by atoms with Crippen molar-refractivity contribution in [3.05, 3.63) is 42.5 Å². The molecule has 1 rings (SSSR count). The molecular formula is C10H9BrO2. The molecule has 0 atom stereocenters. The smallest absolute Gasteiger partial charge is 0.335 e. The first kappa shape index (κ1) is 9.99. The van der Waals surface area contributed by atoms with Crippen LogP contribution in [0.2, 0.25) is 0 Å². The van der Waals surface area contributed by atoms with E-state index in [9.17, 15) is 4.79 Å². The van der Waals surface area contributed by atoms with E-state index in [4.69, 9.17) is 4.74 Å². The fraction of sp³-hybridized carbons (Fsp3) is 0.100. The number of esters is 1. The highest BCUT2D eigenvalue weighted by Gasteiger charge is 2.03. The molecule has 0 saturated carbocycles. The Morgan fingerprint density at radius 2 is 2.23 bits per heavy atom. The normalized spacial score (nSPS) is 9.31. The van der Waals surface area contributed by atoms with E-state index in [1.54, 1.807) is 6.07 Å². The summed E-state index contributed by atoms with van der Waals surface area (Å²) in [6.45, 7) is 3.33. The van der Waals surface area contributed by atoms with Gasteiger partial charge in [0.1, 0.15) is 5.75 Å². The lowest BCUT2D eigenvalue weighted by Gasteiger charge is -2.05. The van der Waals surface area contributed by atoms with Crippen molar-refractivity contribution in [2.45, 2.75) is 5.33 Å². The lowest BCUT2D eigenvalue weighted by Crippen LogP contribution is -2.04. The number of carbonyl (C=O) groups excluding carboxylic acids is 1. The van der Waals surface area contributed by atoms with Crippen LogP contribution in [0.15, 0.2) is 36.9 Å². The van der Waals surface area contributed by atoms with Crippen molar-refractivity contribution in [3.8, 4) is 5.75 Å². The summed E-state index contributed by atoms with van der Waals surface area (Å²) >= 11 is 3.30. The van der Waals surface area contributed by atoms with Crippen molar-refractivity contribution in [2.75, 3.05) is 0 Å². The summed E-state index contributed by atoms with van der Waals surface area (Å²) in [5, 5.41) is 0.660. The molecule has 0 N–H and O–H groups in total. The van der Waals surface area contributed by atoms with E-state index in [1.807, 2.05) is 18.2 Å². The molecular weight excluding hydrogens is 232 g/mol. The second-order valence-corrected chi connectivity index (χ2v) is 2.93. The second-order valence-electron chi connectivity index (χ2n) is 2.37. The van der Waals surface area contributed by atoms with Crippen molar-refractivity contribution in [1.29, 1.82) is 0 Å². The number of hydrogen-bond donors (Lipinski definition) is 0. The molecule has 0 aliphatic rings. The summed E-state index contributed by atoms with van der Waals surface area (Å²) in [5.41, 5.74) is 0.942. The minimum atomic E-state index is -0.437. The molecule has 0 aliphatic heterocycles. The topological polar surface area (TPSA) is 26.3 Å². The van der Waals surface area contributed by atoms with E-state index < -0.39 is 5.97 Å². The molecule has 0 saturated heterocycles. The van der Waals surface area contributed by atoms with Gasteiger partial charge in [-0.3, -0.25) is 0 Å². The number of ether oxygens (including phenoxy) is 1. The second kappa shape index (κ2) is 4.82. The first-order valence-electron chi connectivity index (χ1n) is 3.76. The monoisotopic (exact) mass is 240 g/mol. The van der Waals surface area contributed by atoms with Gasteiger partial charge in [0.25, 0.3) is 0 Å². The number of alkyl halides is 1. The van der Waals surface area contributed by atoms with Crippen LogP contribution in [0, 0.1) is 0 Å². The quantitative estimate of drug-likeness (QED) is 0.352. The molecule has 13 heavy (non-hydrogen) atoms. The van der Waals surface area contributed by atoms with Crippen LogP contribution in [-0.2, 0) is 10.1 Å². The molecule has 0 radical (unpaired) electrons. The molecule has 0 amide bonds. The van der Waals surface area contributed by atoms with Gasteiger partial charge in [0, 0.05) is 17.0 Å². The van der Waals surface area contributed by atoms with Gasteiger partial charge in [-0.15, -0.1) is 0 Å². The maximum atomic E-state index is 10.9. The van der Waals surface area contributed by atoms with Gasteiger partial charge in [-0.05, 0) is 6.07 Å². The van der Waals surface area contributed by atoms with E-state index in [0.717, 1.165) is 11.6 Å². The Hall–Kier alpha value is -1.09. The molecule has 0 spiro atoms. The fourth-order valence-corrected chi connectivity index (χ4v) is 1.33. The van der Waals surface area contributed by atoms with Crippen LogP contribution < -0.4 is 4.74 Å². The van der Waals surface area contributed by atoms with Crippen LogP contribution in [-0.4, -0.2) is 5.97 Å². The Morgan fingerprint density at radius 3 is 2.85 bits per heavy atom. The molecule has 0 aliphatic carbocycles. The number of rotatable bonds is 3. The summed E-state index contributed by atoms with van der Waals surface area (Å²) < 4.78 is 5.00. The summed E-state index contributed by atoms with van der Waals surface area (Å²) in [6.07, 6.45) is 1.14. The molecule has 0 unspecified atom stereocenters. The van der Waals surface area contributed by atoms with Gasteiger partial charge in [0.05, 0.1) is 0 Å². The Balaban J connectivity index is 2.86. The summed E-state index contributed by atoms with van der Waals surface area (Å²) in [6, 6.07) is 7.35. The van der Waals surface area contributed by atoms with Crippen molar-refractivity contribution in [1.82, 2.24) is 0 Å². The highest BCUT2D eigenvalue weighted by molar-refractivity contribution is 9.08. The minimum Gasteiger partial charge on any atom is -0.423 e. The van der Waals surface area contributed by atoms with Gasteiger partial charge in [0.15, 0.2) is 0 Å². The number of carbonyl (C=O) groups is 1. The lowest BCUT2D eigenvalue weighted by atomic mass is 10.2. The zero-order valence-electron chi connectivity index (χ0n) is 7.00. The molecule has 0 fully saturated rings. The average Bonchev–Trinajstić information content (AvgIpc) is 2.18. The van der Waals surface area contributed by atoms with Crippen molar-refractivity contribution >= 4 is 21.9 Å². The third-order valence-corrected chi connectivity index (χ3v) is 2.10. The van der Waals surface area contributed by atoms with Crippen LogP contribution >= 0.6 is 15.9 Å². The largest absolute Gasteiger partial charge is 0.423 e. The van der Waals surface area contributed by atoms with Crippen LogP contribution in [0.4, 0.5) is 0 Å². The third-order valence-electron chi connectivity index (χ3n) is 1.49. The average molecular weight is 241 g/mol. The number of para-hydroxylation sites is 1. The van der Waals surface area contributed by atoms with Gasteiger partial charge in [0.2, 0.25) is 0 Å². The van der Waals surface area contributed by atoms with E-state index in [-0.39, 0.29) is 0 Å². The molecule has 2 nitrogen and oxygen atoms in total. The predicted octanol–water partition coefficient (Wildman–Crippen LogP) is 2.67. The van der Waals surface area contributed by atoms with E-state index in [2.05, 4.69) is 22.5 Å². The van der Waals surface area contributed by atoms with Gasteiger partial charge < -0.3 is 4.74 Å². The highest BCUT2D eigenvalue weighted by Crippen LogP contribution is 2.20. The molecule has 1 aromatic rings. The first-order valence-corrected chi connectivity index (χ1v) is 4.88. The Kier molecular flexibility index (Phi) is 3.71. The molecule has 3 heteroatoms. The van der Waals surface area contributed by atoms with Gasteiger partial charge >= 0.3 is 5.97 Å². The number of hydrogen-bond acceptors (Lipinski definition) is 2. The van der Waals surface area contributed by atoms with Crippen LogP contribution in [0.1, 0.15) is 5.56 Å². The van der Waals surface area contributed by atoms with Gasteiger partial charge in [-0.1, -0.05) is 40.7 Å². The predicted molar refractivity (Wildman–Crippen MR) is 54.9 cm³/mol. The number of halogens is 1. The maximum Gasteiger partial charge on any atom is 0.335 e. The van der Waals surface area contributed by atoms with Crippen LogP contribution in [0.5, 0.6) is 5.75 Å². The summed E-state index contributed by atoms with van der Waals surface area (Å²) in [5.74, 6) is 0.137.